The fraction of sp³-hybridized carbons (Fsp3) is 0.222. The summed E-state index contributed by atoms with van der Waals surface area (Å²) < 4.78 is 2.02. The molecule has 0 fully saturated rings. The summed E-state index contributed by atoms with van der Waals surface area (Å²) in [4.78, 5) is 0. The topological polar surface area (TPSA) is 29.9 Å². The third-order valence-corrected chi connectivity index (χ3v) is 6.41. The minimum Gasteiger partial charge on any atom is -0.370 e. The molecule has 0 radical (unpaired) electrons. The van der Waals surface area contributed by atoms with Gasteiger partial charge in [-0.1, -0.05) is 84.4 Å². The Morgan fingerprint density at radius 1 is 0.839 bits per heavy atom. The van der Waals surface area contributed by atoms with Crippen molar-refractivity contribution < 1.29 is 0 Å². The van der Waals surface area contributed by atoms with Crippen molar-refractivity contribution in [2.24, 2.45) is 0 Å². The van der Waals surface area contributed by atoms with E-state index in [4.69, 9.17) is 16.7 Å². The van der Waals surface area contributed by atoms with E-state index in [9.17, 15) is 0 Å². The van der Waals surface area contributed by atoms with Gasteiger partial charge < -0.3 is 5.32 Å². The van der Waals surface area contributed by atoms with Gasteiger partial charge in [-0.2, -0.15) is 5.10 Å². The van der Waals surface area contributed by atoms with Gasteiger partial charge in [0, 0.05) is 24.4 Å². The number of aromatic nitrogens is 2. The zero-order chi connectivity index (χ0) is 21.0. The van der Waals surface area contributed by atoms with Crippen LogP contribution in [0.4, 0.5) is 5.82 Å². The van der Waals surface area contributed by atoms with E-state index in [0.29, 0.717) is 5.02 Å². The molecule has 2 heterocycles. The van der Waals surface area contributed by atoms with Gasteiger partial charge in [-0.15, -0.1) is 0 Å². The second-order valence-electron chi connectivity index (χ2n) is 8.10. The number of hydrogen-bond donors (Lipinski definition) is 1. The van der Waals surface area contributed by atoms with E-state index >= 15 is 0 Å². The van der Waals surface area contributed by atoms with Crippen molar-refractivity contribution in [2.45, 2.75) is 31.6 Å². The summed E-state index contributed by atoms with van der Waals surface area (Å²) >= 11 is 6.56. The highest BCUT2D eigenvalue weighted by Crippen LogP contribution is 2.35. The highest BCUT2D eigenvalue weighted by atomic mass is 35.5. The Morgan fingerprint density at radius 3 is 2.16 bits per heavy atom. The van der Waals surface area contributed by atoms with E-state index in [2.05, 4.69) is 66.0 Å². The van der Waals surface area contributed by atoms with Gasteiger partial charge >= 0.3 is 0 Å². The van der Waals surface area contributed by atoms with Crippen LogP contribution in [0.15, 0.2) is 84.9 Å². The molecule has 1 aliphatic rings. The van der Waals surface area contributed by atoms with Gasteiger partial charge in [-0.05, 0) is 42.5 Å². The molecule has 0 amide bonds. The Hall–Kier alpha value is -3.04. The van der Waals surface area contributed by atoms with Crippen molar-refractivity contribution in [3.63, 3.8) is 0 Å². The van der Waals surface area contributed by atoms with Crippen molar-refractivity contribution in [3.8, 4) is 5.69 Å². The Kier molecular flexibility index (Phi) is 5.77. The SMILES string of the molecule is Clc1ccccc1-n1nc(CC(c2ccccc2)c2ccccc2)c2c1NCCCC2. The first kappa shape index (κ1) is 19.9. The van der Waals surface area contributed by atoms with Gasteiger partial charge in [0.1, 0.15) is 5.82 Å². The number of halogens is 1. The average molecular weight is 428 g/mol. The van der Waals surface area contributed by atoms with Crippen LogP contribution in [0.1, 0.15) is 41.1 Å². The summed E-state index contributed by atoms with van der Waals surface area (Å²) in [6.45, 7) is 0.962. The molecule has 0 unspecified atom stereocenters. The van der Waals surface area contributed by atoms with E-state index < -0.39 is 0 Å². The third-order valence-electron chi connectivity index (χ3n) is 6.09. The molecule has 156 valence electrons. The van der Waals surface area contributed by atoms with E-state index in [-0.39, 0.29) is 5.92 Å². The lowest BCUT2D eigenvalue weighted by Gasteiger charge is -2.18. The molecule has 5 rings (SSSR count). The lowest BCUT2D eigenvalue weighted by atomic mass is 9.86. The minimum absolute atomic E-state index is 0.254. The maximum absolute atomic E-state index is 6.56. The van der Waals surface area contributed by atoms with Crippen LogP contribution in [0, 0.1) is 0 Å². The molecule has 0 atom stereocenters. The van der Waals surface area contributed by atoms with E-state index in [1.807, 2.05) is 28.9 Å². The molecule has 0 aliphatic carbocycles. The summed E-state index contributed by atoms with van der Waals surface area (Å²) in [5.74, 6) is 1.35. The lowest BCUT2D eigenvalue weighted by molar-refractivity contribution is 0.727. The van der Waals surface area contributed by atoms with Crippen LogP contribution in [0.3, 0.4) is 0 Å². The first-order valence-electron chi connectivity index (χ1n) is 11.0. The second kappa shape index (κ2) is 8.99. The maximum Gasteiger partial charge on any atom is 0.133 e. The van der Waals surface area contributed by atoms with Crippen molar-refractivity contribution in [2.75, 3.05) is 11.9 Å². The molecule has 0 saturated carbocycles. The summed E-state index contributed by atoms with van der Waals surface area (Å²) in [6.07, 6.45) is 4.23. The summed E-state index contributed by atoms with van der Waals surface area (Å²) in [5.41, 5.74) is 6.04. The van der Waals surface area contributed by atoms with Crippen LogP contribution in [0.5, 0.6) is 0 Å². The van der Waals surface area contributed by atoms with Crippen LogP contribution in [-0.2, 0) is 12.8 Å². The standard InChI is InChI=1S/C27H26ClN3/c28-24-16-7-8-17-26(24)31-27-22(15-9-10-18-29-27)25(30-31)19-23(20-11-3-1-4-12-20)21-13-5-2-6-14-21/h1-8,11-14,16-17,23,29H,9-10,15,18-19H2. The second-order valence-corrected chi connectivity index (χ2v) is 8.51. The number of para-hydroxylation sites is 1. The van der Waals surface area contributed by atoms with E-state index in [1.54, 1.807) is 0 Å². The van der Waals surface area contributed by atoms with Crippen LogP contribution in [0.2, 0.25) is 5.02 Å². The monoisotopic (exact) mass is 427 g/mol. The van der Waals surface area contributed by atoms with Crippen LogP contribution < -0.4 is 5.32 Å². The number of nitrogens with zero attached hydrogens (tertiary/aromatic N) is 2. The lowest BCUT2D eigenvalue weighted by Crippen LogP contribution is -2.08. The Labute approximate surface area is 188 Å². The molecule has 0 saturated heterocycles. The number of benzene rings is 3. The van der Waals surface area contributed by atoms with Crippen LogP contribution >= 0.6 is 11.6 Å². The molecule has 3 aromatic carbocycles. The molecule has 4 heteroatoms. The molecule has 1 aromatic heterocycles. The Bertz CT molecular complexity index is 1110. The fourth-order valence-electron chi connectivity index (χ4n) is 4.53. The van der Waals surface area contributed by atoms with Gasteiger partial charge in [-0.3, -0.25) is 0 Å². The molecule has 31 heavy (non-hydrogen) atoms. The third kappa shape index (κ3) is 4.11. The number of fused-ring (bicyclic) bond motifs is 1. The summed E-state index contributed by atoms with van der Waals surface area (Å²) in [7, 11) is 0. The fourth-order valence-corrected chi connectivity index (χ4v) is 4.74. The molecule has 1 N–H and O–H groups in total. The first-order valence-corrected chi connectivity index (χ1v) is 11.4. The van der Waals surface area contributed by atoms with Crippen molar-refractivity contribution >= 4 is 17.4 Å². The molecule has 0 bridgehead atoms. The van der Waals surface area contributed by atoms with Crippen molar-refractivity contribution in [3.05, 3.63) is 112 Å². The number of nitrogens with one attached hydrogen (secondary N) is 1. The maximum atomic E-state index is 6.56. The van der Waals surface area contributed by atoms with Gasteiger partial charge in [-0.25, -0.2) is 4.68 Å². The average Bonchev–Trinajstić information content (AvgIpc) is 2.98. The molecule has 1 aliphatic heterocycles. The number of rotatable bonds is 5. The first-order chi connectivity index (χ1) is 15.3. The van der Waals surface area contributed by atoms with Crippen LogP contribution in [0.25, 0.3) is 5.69 Å². The molecule has 4 aromatic rings. The minimum atomic E-state index is 0.254. The van der Waals surface area contributed by atoms with Crippen molar-refractivity contribution in [1.82, 2.24) is 9.78 Å². The molecular formula is C27H26ClN3. The number of anilines is 1. The predicted molar refractivity (Wildman–Crippen MR) is 128 cm³/mol. The normalized spacial score (nSPS) is 13.5. The van der Waals surface area contributed by atoms with Gasteiger partial charge in [0.05, 0.1) is 16.4 Å². The highest BCUT2D eigenvalue weighted by molar-refractivity contribution is 6.32. The van der Waals surface area contributed by atoms with Gasteiger partial charge in [0.15, 0.2) is 0 Å². The summed E-state index contributed by atoms with van der Waals surface area (Å²) in [6, 6.07) is 29.5. The molecule has 3 nitrogen and oxygen atoms in total. The van der Waals surface area contributed by atoms with E-state index in [1.165, 1.54) is 23.1 Å². The van der Waals surface area contributed by atoms with Gasteiger partial charge in [0.2, 0.25) is 0 Å². The summed E-state index contributed by atoms with van der Waals surface area (Å²) in [5, 5.41) is 9.48. The quantitative estimate of drug-likeness (QED) is 0.386. The largest absolute Gasteiger partial charge is 0.370 e. The van der Waals surface area contributed by atoms with Crippen molar-refractivity contribution in [1.29, 1.82) is 0 Å². The van der Waals surface area contributed by atoms with E-state index in [0.717, 1.165) is 43.0 Å². The zero-order valence-corrected chi connectivity index (χ0v) is 18.2. The van der Waals surface area contributed by atoms with Crippen LogP contribution in [-0.4, -0.2) is 16.3 Å². The highest BCUT2D eigenvalue weighted by Gasteiger charge is 2.25. The predicted octanol–water partition coefficient (Wildman–Crippen LogP) is 6.65. The smallest absolute Gasteiger partial charge is 0.133 e. The Balaban J connectivity index is 1.61. The Morgan fingerprint density at radius 2 is 1.48 bits per heavy atom. The molecule has 0 spiro atoms. The number of hydrogen-bond acceptors (Lipinski definition) is 2. The van der Waals surface area contributed by atoms with Gasteiger partial charge in [0.25, 0.3) is 0 Å². The zero-order valence-electron chi connectivity index (χ0n) is 17.5. The molecular weight excluding hydrogens is 402 g/mol.